The van der Waals surface area contributed by atoms with Crippen LogP contribution in [0.4, 0.5) is 0 Å². The molecular formula is C24H24N4O. The summed E-state index contributed by atoms with van der Waals surface area (Å²) in [5.41, 5.74) is 6.48. The van der Waals surface area contributed by atoms with E-state index in [1.807, 2.05) is 31.2 Å². The average molecular weight is 384 g/mol. The lowest BCUT2D eigenvalue weighted by Crippen LogP contribution is -2.17. The lowest BCUT2D eigenvalue weighted by atomic mass is 10.1. The molecule has 0 radical (unpaired) electrons. The van der Waals surface area contributed by atoms with Crippen molar-refractivity contribution in [2.24, 2.45) is 7.05 Å². The van der Waals surface area contributed by atoms with E-state index in [9.17, 15) is 4.79 Å². The van der Waals surface area contributed by atoms with E-state index in [2.05, 4.69) is 22.7 Å². The van der Waals surface area contributed by atoms with Gasteiger partial charge in [-0.25, -0.2) is 4.98 Å². The maximum atomic E-state index is 12.8. The molecule has 4 aromatic rings. The molecule has 0 unspecified atom stereocenters. The molecule has 0 saturated heterocycles. The smallest absolute Gasteiger partial charge is 0.256 e. The number of aryl methyl sites for hydroxylation is 3. The SMILES string of the molecule is Cc1ccc(-c2ccn(-c3ccc4c5c(n(C)c4n3)CCCCC5)c(=O)c2)cn1. The summed E-state index contributed by atoms with van der Waals surface area (Å²) in [6.07, 6.45) is 9.60. The van der Waals surface area contributed by atoms with Crippen molar-refractivity contribution in [3.05, 3.63) is 76.1 Å². The highest BCUT2D eigenvalue weighted by Crippen LogP contribution is 2.30. The van der Waals surface area contributed by atoms with Crippen molar-refractivity contribution in [3.63, 3.8) is 0 Å². The van der Waals surface area contributed by atoms with Crippen molar-refractivity contribution < 1.29 is 0 Å². The van der Waals surface area contributed by atoms with E-state index in [1.54, 1.807) is 23.0 Å². The van der Waals surface area contributed by atoms with Crippen molar-refractivity contribution >= 4 is 11.0 Å². The predicted octanol–water partition coefficient (Wildman–Crippen LogP) is 4.36. The minimum absolute atomic E-state index is 0.0919. The Bertz CT molecular complexity index is 1260. The fraction of sp³-hybridized carbons (Fsp3) is 0.292. The quantitative estimate of drug-likeness (QED) is 0.483. The summed E-state index contributed by atoms with van der Waals surface area (Å²) in [6, 6.07) is 11.6. The average Bonchev–Trinajstić information content (AvgIpc) is 2.89. The first-order chi connectivity index (χ1) is 14.1. The van der Waals surface area contributed by atoms with Gasteiger partial charge in [-0.3, -0.25) is 14.3 Å². The molecule has 5 nitrogen and oxygen atoms in total. The van der Waals surface area contributed by atoms with Crippen LogP contribution in [0.3, 0.4) is 0 Å². The molecule has 0 amide bonds. The molecule has 0 N–H and O–H groups in total. The molecule has 0 fully saturated rings. The highest BCUT2D eigenvalue weighted by Gasteiger charge is 2.18. The van der Waals surface area contributed by atoms with Gasteiger partial charge in [0, 0.05) is 47.8 Å². The van der Waals surface area contributed by atoms with Gasteiger partial charge in [-0.15, -0.1) is 0 Å². The highest BCUT2D eigenvalue weighted by molar-refractivity contribution is 5.83. The van der Waals surface area contributed by atoms with Crippen LogP contribution in [0.5, 0.6) is 0 Å². The van der Waals surface area contributed by atoms with Gasteiger partial charge in [0.2, 0.25) is 0 Å². The Morgan fingerprint density at radius 1 is 0.966 bits per heavy atom. The van der Waals surface area contributed by atoms with Gasteiger partial charge < -0.3 is 4.57 Å². The van der Waals surface area contributed by atoms with Crippen LogP contribution in [0, 0.1) is 6.92 Å². The van der Waals surface area contributed by atoms with Gasteiger partial charge in [0.1, 0.15) is 11.5 Å². The Balaban J connectivity index is 1.58. The number of hydrogen-bond acceptors (Lipinski definition) is 3. The van der Waals surface area contributed by atoms with E-state index in [1.165, 1.54) is 35.9 Å². The lowest BCUT2D eigenvalue weighted by molar-refractivity contribution is 0.697. The molecule has 0 atom stereocenters. The fourth-order valence-electron chi connectivity index (χ4n) is 4.40. The summed E-state index contributed by atoms with van der Waals surface area (Å²) in [4.78, 5) is 22.0. The summed E-state index contributed by atoms with van der Waals surface area (Å²) in [5, 5.41) is 1.23. The molecule has 5 heteroatoms. The molecule has 0 spiro atoms. The van der Waals surface area contributed by atoms with Gasteiger partial charge in [0.25, 0.3) is 5.56 Å². The molecule has 1 aliphatic carbocycles. The molecule has 0 bridgehead atoms. The Labute approximate surface area is 169 Å². The van der Waals surface area contributed by atoms with E-state index in [4.69, 9.17) is 4.98 Å². The molecule has 0 aromatic carbocycles. The standard InChI is InChI=1S/C24H24N4O/c1-16-8-9-18(15-25-16)17-12-13-28(23(29)14-17)22-11-10-20-19-6-4-3-5-7-21(19)27(2)24(20)26-22/h8-15H,3-7H2,1-2H3. The number of rotatable bonds is 2. The van der Waals surface area contributed by atoms with Gasteiger partial charge in [0.05, 0.1) is 0 Å². The molecule has 4 aromatic heterocycles. The second-order valence-corrected chi connectivity index (χ2v) is 7.90. The van der Waals surface area contributed by atoms with Gasteiger partial charge in [-0.05, 0) is 68.0 Å². The van der Waals surface area contributed by atoms with Crippen molar-refractivity contribution in [3.8, 4) is 16.9 Å². The van der Waals surface area contributed by atoms with Crippen LogP contribution in [-0.4, -0.2) is 19.1 Å². The first-order valence-corrected chi connectivity index (χ1v) is 10.2. The number of pyridine rings is 3. The van der Waals surface area contributed by atoms with Gasteiger partial charge in [0.15, 0.2) is 0 Å². The topological polar surface area (TPSA) is 52.7 Å². The van der Waals surface area contributed by atoms with Crippen molar-refractivity contribution in [2.45, 2.75) is 39.0 Å². The first kappa shape index (κ1) is 17.9. The number of fused-ring (bicyclic) bond motifs is 3. The monoisotopic (exact) mass is 384 g/mol. The Morgan fingerprint density at radius 3 is 2.62 bits per heavy atom. The van der Waals surface area contributed by atoms with Crippen LogP contribution in [0.1, 0.15) is 36.2 Å². The van der Waals surface area contributed by atoms with Crippen molar-refractivity contribution in [2.75, 3.05) is 0 Å². The van der Waals surface area contributed by atoms with Crippen LogP contribution in [0.2, 0.25) is 0 Å². The zero-order chi connectivity index (χ0) is 20.0. The van der Waals surface area contributed by atoms with Crippen molar-refractivity contribution in [1.29, 1.82) is 0 Å². The lowest BCUT2D eigenvalue weighted by Gasteiger charge is -2.08. The number of aromatic nitrogens is 4. The van der Waals surface area contributed by atoms with Gasteiger partial charge >= 0.3 is 0 Å². The summed E-state index contributed by atoms with van der Waals surface area (Å²) in [6.45, 7) is 1.95. The molecule has 0 saturated carbocycles. The van der Waals surface area contributed by atoms with E-state index < -0.39 is 0 Å². The molecule has 1 aliphatic rings. The summed E-state index contributed by atoms with van der Waals surface area (Å²) in [5.74, 6) is 0.659. The maximum Gasteiger partial charge on any atom is 0.256 e. The Morgan fingerprint density at radius 2 is 1.83 bits per heavy atom. The zero-order valence-corrected chi connectivity index (χ0v) is 16.9. The van der Waals surface area contributed by atoms with Crippen LogP contribution < -0.4 is 5.56 Å². The molecule has 4 heterocycles. The largest absolute Gasteiger partial charge is 0.332 e. The normalized spacial score (nSPS) is 14.0. The third-order valence-corrected chi connectivity index (χ3v) is 6.01. The first-order valence-electron chi connectivity index (χ1n) is 10.2. The van der Waals surface area contributed by atoms with Crippen molar-refractivity contribution in [1.82, 2.24) is 19.1 Å². The van der Waals surface area contributed by atoms with Crippen LogP contribution in [0.25, 0.3) is 28.0 Å². The second-order valence-electron chi connectivity index (χ2n) is 7.90. The Kier molecular flexibility index (Phi) is 4.31. The van der Waals surface area contributed by atoms with Gasteiger partial charge in [-0.1, -0.05) is 12.5 Å². The number of nitrogens with zero attached hydrogens (tertiary/aromatic N) is 4. The highest BCUT2D eigenvalue weighted by atomic mass is 16.1. The van der Waals surface area contributed by atoms with Crippen LogP contribution in [0.15, 0.2) is 53.6 Å². The zero-order valence-electron chi connectivity index (χ0n) is 16.9. The maximum absolute atomic E-state index is 12.8. The van der Waals surface area contributed by atoms with Crippen LogP contribution >= 0.6 is 0 Å². The van der Waals surface area contributed by atoms with E-state index >= 15 is 0 Å². The van der Waals surface area contributed by atoms with Crippen LogP contribution in [-0.2, 0) is 19.9 Å². The summed E-state index contributed by atoms with van der Waals surface area (Å²) < 4.78 is 3.83. The summed E-state index contributed by atoms with van der Waals surface area (Å²) >= 11 is 0. The minimum Gasteiger partial charge on any atom is -0.332 e. The molecule has 29 heavy (non-hydrogen) atoms. The van der Waals surface area contributed by atoms with Gasteiger partial charge in [-0.2, -0.15) is 0 Å². The predicted molar refractivity (Wildman–Crippen MR) is 116 cm³/mol. The van der Waals surface area contributed by atoms with E-state index in [0.29, 0.717) is 5.82 Å². The molecule has 0 aliphatic heterocycles. The Hall–Kier alpha value is -3.21. The summed E-state index contributed by atoms with van der Waals surface area (Å²) in [7, 11) is 2.10. The molecule has 146 valence electrons. The number of hydrogen-bond donors (Lipinski definition) is 0. The van der Waals surface area contributed by atoms with E-state index in [-0.39, 0.29) is 5.56 Å². The third-order valence-electron chi connectivity index (χ3n) is 6.01. The second kappa shape index (κ2) is 6.99. The van der Waals surface area contributed by atoms with E-state index in [0.717, 1.165) is 35.3 Å². The molecule has 5 rings (SSSR count). The molecular weight excluding hydrogens is 360 g/mol. The fourth-order valence-corrected chi connectivity index (χ4v) is 4.40. The third kappa shape index (κ3) is 3.07. The minimum atomic E-state index is -0.0919.